The molecule has 0 aliphatic rings. The first kappa shape index (κ1) is 12.8. The van der Waals surface area contributed by atoms with E-state index >= 15 is 0 Å². The molecule has 0 bridgehead atoms. The first-order valence-electron chi connectivity index (χ1n) is 5.09. The number of rotatable bonds is 4. The Morgan fingerprint density at radius 1 is 1.59 bits per heavy atom. The third-order valence-electron chi connectivity index (χ3n) is 2.32. The van der Waals surface area contributed by atoms with Crippen molar-refractivity contribution in [3.05, 3.63) is 8.95 Å². The SMILES string of the molecule is CO[C@H](C)CNc1nc(N)nc2cc(I)sc12. The summed E-state index contributed by atoms with van der Waals surface area (Å²) in [5.41, 5.74) is 6.57. The average Bonchev–Trinajstić information content (AvgIpc) is 2.65. The van der Waals surface area contributed by atoms with Gasteiger partial charge in [-0.25, -0.2) is 4.98 Å². The van der Waals surface area contributed by atoms with Gasteiger partial charge >= 0.3 is 0 Å². The summed E-state index contributed by atoms with van der Waals surface area (Å²) in [6.45, 7) is 2.68. The minimum absolute atomic E-state index is 0.125. The lowest BCUT2D eigenvalue weighted by Crippen LogP contribution is -2.19. The van der Waals surface area contributed by atoms with E-state index < -0.39 is 0 Å². The number of fused-ring (bicyclic) bond motifs is 1. The number of hydrogen-bond acceptors (Lipinski definition) is 6. The van der Waals surface area contributed by atoms with Crippen LogP contribution in [0, 0.1) is 2.88 Å². The summed E-state index contributed by atoms with van der Waals surface area (Å²) in [6, 6.07) is 2.00. The van der Waals surface area contributed by atoms with E-state index in [1.165, 1.54) is 2.88 Å². The van der Waals surface area contributed by atoms with Crippen molar-refractivity contribution in [1.29, 1.82) is 0 Å². The number of nitrogens with zero attached hydrogens (tertiary/aromatic N) is 2. The molecule has 0 aliphatic carbocycles. The minimum atomic E-state index is 0.125. The van der Waals surface area contributed by atoms with Crippen molar-refractivity contribution in [3.63, 3.8) is 0 Å². The molecule has 0 aromatic carbocycles. The number of nitrogen functional groups attached to an aromatic ring is 1. The smallest absolute Gasteiger partial charge is 0.222 e. The maximum Gasteiger partial charge on any atom is 0.222 e. The van der Waals surface area contributed by atoms with Crippen molar-refractivity contribution < 1.29 is 4.74 Å². The van der Waals surface area contributed by atoms with E-state index in [0.29, 0.717) is 12.5 Å². The van der Waals surface area contributed by atoms with Gasteiger partial charge in [-0.2, -0.15) is 4.98 Å². The summed E-state index contributed by atoms with van der Waals surface area (Å²) < 4.78 is 7.39. The third kappa shape index (κ3) is 2.96. The molecule has 2 rings (SSSR count). The summed E-state index contributed by atoms with van der Waals surface area (Å²) >= 11 is 3.92. The van der Waals surface area contributed by atoms with Gasteiger partial charge in [0.15, 0.2) is 0 Å². The maximum atomic E-state index is 5.68. The van der Waals surface area contributed by atoms with Gasteiger partial charge in [0.05, 0.1) is 19.2 Å². The largest absolute Gasteiger partial charge is 0.380 e. The summed E-state index contributed by atoms with van der Waals surface area (Å²) in [7, 11) is 1.68. The lowest BCUT2D eigenvalue weighted by atomic mass is 10.4. The second-order valence-electron chi connectivity index (χ2n) is 3.62. The fourth-order valence-corrected chi connectivity index (χ4v) is 3.11. The van der Waals surface area contributed by atoms with E-state index in [1.54, 1.807) is 18.4 Å². The van der Waals surface area contributed by atoms with Crippen LogP contribution in [0.3, 0.4) is 0 Å². The Hall–Kier alpha value is -0.670. The molecule has 0 fully saturated rings. The zero-order chi connectivity index (χ0) is 12.4. The van der Waals surface area contributed by atoms with Gasteiger partial charge in [0.1, 0.15) is 5.82 Å². The fourth-order valence-electron chi connectivity index (χ4n) is 1.36. The molecule has 2 aromatic heterocycles. The zero-order valence-electron chi connectivity index (χ0n) is 9.53. The number of hydrogen-bond donors (Lipinski definition) is 2. The van der Waals surface area contributed by atoms with Crippen molar-refractivity contribution in [2.75, 3.05) is 24.7 Å². The molecule has 0 saturated carbocycles. The summed E-state index contributed by atoms with van der Waals surface area (Å²) in [5.74, 6) is 1.07. The Bertz CT molecular complexity index is 530. The molecule has 0 amide bonds. The van der Waals surface area contributed by atoms with E-state index in [2.05, 4.69) is 37.9 Å². The van der Waals surface area contributed by atoms with Crippen LogP contribution in [0.2, 0.25) is 0 Å². The number of ether oxygens (including phenoxy) is 1. The van der Waals surface area contributed by atoms with Gasteiger partial charge in [-0.1, -0.05) is 0 Å². The number of anilines is 2. The van der Waals surface area contributed by atoms with E-state index in [-0.39, 0.29) is 6.10 Å². The molecule has 0 spiro atoms. The highest BCUT2D eigenvalue weighted by Gasteiger charge is 2.10. The summed E-state index contributed by atoms with van der Waals surface area (Å²) in [6.07, 6.45) is 0.125. The normalized spacial score (nSPS) is 12.9. The lowest BCUT2D eigenvalue weighted by molar-refractivity contribution is 0.129. The number of nitrogens with one attached hydrogen (secondary N) is 1. The van der Waals surface area contributed by atoms with Crippen LogP contribution in [0.25, 0.3) is 10.2 Å². The Morgan fingerprint density at radius 2 is 2.35 bits per heavy atom. The highest BCUT2D eigenvalue weighted by Crippen LogP contribution is 2.31. The predicted molar refractivity (Wildman–Crippen MR) is 79.5 cm³/mol. The van der Waals surface area contributed by atoms with Crippen molar-refractivity contribution in [2.24, 2.45) is 0 Å². The topological polar surface area (TPSA) is 73.1 Å². The van der Waals surface area contributed by atoms with Crippen molar-refractivity contribution in [1.82, 2.24) is 9.97 Å². The maximum absolute atomic E-state index is 5.68. The number of thiophene rings is 1. The molecule has 3 N–H and O–H groups in total. The average molecular weight is 364 g/mol. The number of halogens is 1. The van der Waals surface area contributed by atoms with Crippen LogP contribution >= 0.6 is 33.9 Å². The van der Waals surface area contributed by atoms with Gasteiger partial charge in [0.25, 0.3) is 0 Å². The molecule has 0 aliphatic heterocycles. The quantitative estimate of drug-likeness (QED) is 0.815. The first-order chi connectivity index (χ1) is 8.10. The number of aromatic nitrogens is 2. The van der Waals surface area contributed by atoms with Crippen LogP contribution < -0.4 is 11.1 Å². The van der Waals surface area contributed by atoms with Crippen LogP contribution in [-0.4, -0.2) is 29.7 Å². The number of nitrogens with two attached hydrogens (primary N) is 1. The van der Waals surface area contributed by atoms with Gasteiger partial charge in [0.2, 0.25) is 5.95 Å². The van der Waals surface area contributed by atoms with Crippen LogP contribution in [0.4, 0.5) is 11.8 Å². The molecule has 1 atom stereocenters. The number of methoxy groups -OCH3 is 1. The Kier molecular flexibility index (Phi) is 4.00. The zero-order valence-corrected chi connectivity index (χ0v) is 12.5. The molecular weight excluding hydrogens is 351 g/mol. The van der Waals surface area contributed by atoms with Crippen LogP contribution in [0.15, 0.2) is 6.07 Å². The molecule has 92 valence electrons. The second-order valence-corrected chi connectivity index (χ2v) is 6.57. The highest BCUT2D eigenvalue weighted by molar-refractivity contribution is 14.1. The molecule has 0 radical (unpaired) electrons. The molecule has 5 nitrogen and oxygen atoms in total. The van der Waals surface area contributed by atoms with E-state index in [0.717, 1.165) is 16.0 Å². The molecule has 0 unspecified atom stereocenters. The fraction of sp³-hybridized carbons (Fsp3) is 0.400. The predicted octanol–water partition coefficient (Wildman–Crippen LogP) is 2.32. The van der Waals surface area contributed by atoms with Gasteiger partial charge in [0, 0.05) is 13.7 Å². The van der Waals surface area contributed by atoms with Crippen LogP contribution in [0.1, 0.15) is 6.92 Å². The van der Waals surface area contributed by atoms with Gasteiger partial charge in [-0.15, -0.1) is 11.3 Å². The Morgan fingerprint density at radius 3 is 3.06 bits per heavy atom. The third-order valence-corrected chi connectivity index (χ3v) is 4.21. The lowest BCUT2D eigenvalue weighted by Gasteiger charge is -2.11. The summed E-state index contributed by atoms with van der Waals surface area (Å²) in [4.78, 5) is 8.43. The first-order valence-corrected chi connectivity index (χ1v) is 6.99. The van der Waals surface area contributed by atoms with Crippen molar-refractivity contribution in [3.8, 4) is 0 Å². The van der Waals surface area contributed by atoms with Crippen LogP contribution in [0.5, 0.6) is 0 Å². The molecular formula is C10H13IN4OS. The van der Waals surface area contributed by atoms with Crippen LogP contribution in [-0.2, 0) is 4.74 Å². The van der Waals surface area contributed by atoms with Crippen molar-refractivity contribution >= 4 is 55.9 Å². The highest BCUT2D eigenvalue weighted by atomic mass is 127. The molecule has 7 heteroatoms. The van der Waals surface area contributed by atoms with E-state index in [4.69, 9.17) is 10.5 Å². The van der Waals surface area contributed by atoms with Gasteiger partial charge in [-0.05, 0) is 35.6 Å². The molecule has 0 saturated heterocycles. The molecule has 2 aromatic rings. The van der Waals surface area contributed by atoms with Crippen molar-refractivity contribution in [2.45, 2.75) is 13.0 Å². The monoisotopic (exact) mass is 364 g/mol. The Labute approximate surface area is 117 Å². The standard InChI is InChI=1S/C10H13IN4OS/c1-5(16-2)4-13-9-8-6(3-7(11)17-8)14-10(12)15-9/h3,5H,4H2,1-2H3,(H3,12,13,14,15)/t5-/m1/s1. The molecule has 2 heterocycles. The Balaban J connectivity index is 2.31. The van der Waals surface area contributed by atoms with E-state index in [1.807, 2.05) is 13.0 Å². The minimum Gasteiger partial charge on any atom is -0.380 e. The summed E-state index contributed by atoms with van der Waals surface area (Å²) in [5, 5.41) is 3.24. The molecule has 17 heavy (non-hydrogen) atoms. The van der Waals surface area contributed by atoms with Gasteiger partial charge < -0.3 is 15.8 Å². The van der Waals surface area contributed by atoms with Gasteiger partial charge in [-0.3, -0.25) is 0 Å². The van der Waals surface area contributed by atoms with E-state index in [9.17, 15) is 0 Å². The second kappa shape index (κ2) is 5.32.